The molecule has 0 bridgehead atoms. The fourth-order valence-corrected chi connectivity index (χ4v) is 6.20. The van der Waals surface area contributed by atoms with Gasteiger partial charge in [-0.15, -0.1) is 0 Å². The van der Waals surface area contributed by atoms with Gasteiger partial charge < -0.3 is 4.42 Å². The zero-order chi connectivity index (χ0) is 35.9. The first kappa shape index (κ1) is 34.0. The van der Waals surface area contributed by atoms with E-state index >= 15 is 0 Å². The van der Waals surface area contributed by atoms with Crippen LogP contribution in [0.5, 0.6) is 0 Å². The van der Waals surface area contributed by atoms with Gasteiger partial charge in [0.05, 0.1) is 6.04 Å². The zero-order valence-corrected chi connectivity index (χ0v) is 29.9. The molecule has 0 aliphatic rings. The molecule has 1 unspecified atom stereocenters. The Hall–Kier alpha value is -6.46. The highest BCUT2D eigenvalue weighted by atomic mass is 16.3. The molecule has 5 nitrogen and oxygen atoms in total. The third kappa shape index (κ3) is 7.21. The number of amidine groups is 1. The van der Waals surface area contributed by atoms with Gasteiger partial charge in [0.15, 0.2) is 17.2 Å². The van der Waals surface area contributed by atoms with Crippen LogP contribution in [-0.4, -0.2) is 21.5 Å². The van der Waals surface area contributed by atoms with Crippen LogP contribution in [-0.2, 0) is 0 Å². The van der Waals surface area contributed by atoms with Gasteiger partial charge in [0.2, 0.25) is 0 Å². The average Bonchev–Trinajstić information content (AvgIpc) is 3.60. The maximum absolute atomic E-state index is 6.46. The van der Waals surface area contributed by atoms with Crippen molar-refractivity contribution in [1.29, 1.82) is 0 Å². The van der Waals surface area contributed by atoms with Crippen LogP contribution in [0.4, 0.5) is 0 Å². The highest BCUT2D eigenvalue weighted by Crippen LogP contribution is 2.37. The van der Waals surface area contributed by atoms with Gasteiger partial charge in [-0.05, 0) is 48.2 Å². The lowest BCUT2D eigenvalue weighted by Crippen LogP contribution is -2.06. The standard InChI is InChI=1S/C45H34N4O.C2H6/c1-30(32-15-7-3-8-16-32)46-44(47-31(2)33-17-9-4-10-18-33)37-25-23-34(24-26-37)38-27-28-40-39(29-38)42-43(50-40)41(35-19-11-5-12-20-35)48-45(49-42)36-21-13-6-14-22-36;1-2/h3-30H,1-2H3;1-2H3. The van der Waals surface area contributed by atoms with E-state index in [1.54, 1.807) is 0 Å². The molecule has 0 saturated carbocycles. The van der Waals surface area contributed by atoms with Crippen molar-refractivity contribution >= 4 is 33.6 Å². The molecule has 0 fully saturated rings. The van der Waals surface area contributed by atoms with Crippen molar-refractivity contribution in [3.63, 3.8) is 0 Å². The minimum absolute atomic E-state index is 0.0569. The van der Waals surface area contributed by atoms with Crippen molar-refractivity contribution in [2.24, 2.45) is 9.98 Å². The van der Waals surface area contributed by atoms with E-state index in [4.69, 9.17) is 24.4 Å². The van der Waals surface area contributed by atoms with E-state index in [1.807, 2.05) is 112 Å². The second kappa shape index (κ2) is 15.6. The van der Waals surface area contributed by atoms with Gasteiger partial charge in [0, 0.05) is 27.8 Å². The van der Waals surface area contributed by atoms with Crippen LogP contribution < -0.4 is 0 Å². The Morgan fingerprint density at radius 1 is 0.577 bits per heavy atom. The first-order valence-corrected chi connectivity index (χ1v) is 17.8. The van der Waals surface area contributed by atoms with Gasteiger partial charge in [-0.3, -0.25) is 4.99 Å². The molecule has 2 aromatic heterocycles. The summed E-state index contributed by atoms with van der Waals surface area (Å²) in [6.07, 6.45) is 0. The number of aliphatic imine (C=N–C) groups is 2. The second-order valence-electron chi connectivity index (χ2n) is 12.3. The average molecular weight is 677 g/mol. The molecule has 0 aliphatic carbocycles. The third-order valence-corrected chi connectivity index (χ3v) is 8.93. The molecule has 0 spiro atoms. The summed E-state index contributed by atoms with van der Waals surface area (Å²) in [5, 5.41) is 0.945. The lowest BCUT2D eigenvalue weighted by Gasteiger charge is -2.11. The Labute approximate surface area is 305 Å². The maximum atomic E-state index is 6.46. The minimum Gasteiger partial charge on any atom is -0.452 e. The molecule has 0 amide bonds. The number of hydrogen-bond donors (Lipinski definition) is 0. The molecular formula is C47H40N4O. The van der Waals surface area contributed by atoms with Crippen LogP contribution >= 0.6 is 0 Å². The van der Waals surface area contributed by atoms with Crippen molar-refractivity contribution in [2.45, 2.75) is 33.7 Å². The van der Waals surface area contributed by atoms with Crippen LogP contribution in [0.25, 0.3) is 55.8 Å². The van der Waals surface area contributed by atoms with Crippen molar-refractivity contribution in [3.8, 4) is 33.8 Å². The highest BCUT2D eigenvalue weighted by Gasteiger charge is 2.19. The number of benzene rings is 6. The monoisotopic (exact) mass is 676 g/mol. The topological polar surface area (TPSA) is 63.6 Å². The van der Waals surface area contributed by atoms with E-state index in [0.29, 0.717) is 17.2 Å². The largest absolute Gasteiger partial charge is 0.452 e. The molecular weight excluding hydrogens is 637 g/mol. The van der Waals surface area contributed by atoms with Gasteiger partial charge in [0.1, 0.15) is 16.8 Å². The maximum Gasteiger partial charge on any atom is 0.180 e. The highest BCUT2D eigenvalue weighted by molar-refractivity contribution is 6.12. The van der Waals surface area contributed by atoms with Gasteiger partial charge in [-0.2, -0.15) is 0 Å². The number of nitrogens with zero attached hydrogens (tertiary/aromatic N) is 4. The molecule has 254 valence electrons. The summed E-state index contributed by atoms with van der Waals surface area (Å²) in [4.78, 5) is 20.2. The Balaban J connectivity index is 0.00000207. The van der Waals surface area contributed by atoms with E-state index in [2.05, 4.69) is 79.7 Å². The summed E-state index contributed by atoms with van der Waals surface area (Å²) in [5.41, 5.74) is 11.2. The molecule has 5 heteroatoms. The molecule has 0 saturated heterocycles. The molecule has 2 heterocycles. The third-order valence-electron chi connectivity index (χ3n) is 8.93. The van der Waals surface area contributed by atoms with E-state index in [0.717, 1.165) is 66.8 Å². The van der Waals surface area contributed by atoms with Crippen LogP contribution in [0.15, 0.2) is 178 Å². The normalized spacial score (nSPS) is 12.4. The summed E-state index contributed by atoms with van der Waals surface area (Å²) in [6.45, 7) is 8.14. The fourth-order valence-electron chi connectivity index (χ4n) is 6.20. The van der Waals surface area contributed by atoms with Gasteiger partial charge in [-0.25, -0.2) is 15.0 Å². The van der Waals surface area contributed by atoms with Crippen LogP contribution in [0.2, 0.25) is 0 Å². The van der Waals surface area contributed by atoms with Crippen LogP contribution in [0.1, 0.15) is 50.4 Å². The van der Waals surface area contributed by atoms with Gasteiger partial charge in [0.25, 0.3) is 0 Å². The summed E-state index contributed by atoms with van der Waals surface area (Å²) in [5.74, 6) is 1.36. The van der Waals surface area contributed by atoms with Crippen LogP contribution in [0.3, 0.4) is 0 Å². The molecule has 8 rings (SSSR count). The van der Waals surface area contributed by atoms with Crippen LogP contribution in [0, 0.1) is 0 Å². The Morgan fingerprint density at radius 2 is 1.15 bits per heavy atom. The summed E-state index contributed by atoms with van der Waals surface area (Å²) in [7, 11) is 0. The minimum atomic E-state index is -0.0569. The fraction of sp³-hybridized carbons (Fsp3) is 0.106. The van der Waals surface area contributed by atoms with Gasteiger partial charge >= 0.3 is 0 Å². The molecule has 0 aliphatic heterocycles. The number of furan rings is 1. The summed E-state index contributed by atoms with van der Waals surface area (Å²) < 4.78 is 6.46. The number of rotatable bonds is 7. The smallest absolute Gasteiger partial charge is 0.180 e. The molecule has 6 aromatic carbocycles. The van der Waals surface area contributed by atoms with E-state index in [1.165, 1.54) is 0 Å². The number of aromatic nitrogens is 2. The summed E-state index contributed by atoms with van der Waals surface area (Å²) in [6, 6.07) is 55.5. The predicted molar refractivity (Wildman–Crippen MR) is 217 cm³/mol. The van der Waals surface area contributed by atoms with E-state index in [-0.39, 0.29) is 6.04 Å². The second-order valence-corrected chi connectivity index (χ2v) is 12.3. The van der Waals surface area contributed by atoms with Crippen molar-refractivity contribution in [1.82, 2.24) is 9.97 Å². The van der Waals surface area contributed by atoms with Crippen molar-refractivity contribution in [2.75, 3.05) is 0 Å². The number of hydrogen-bond acceptors (Lipinski definition) is 4. The van der Waals surface area contributed by atoms with E-state index in [9.17, 15) is 0 Å². The Morgan fingerprint density at radius 3 is 1.81 bits per heavy atom. The first-order valence-electron chi connectivity index (χ1n) is 17.8. The van der Waals surface area contributed by atoms with Crippen molar-refractivity contribution in [3.05, 3.63) is 180 Å². The molecule has 1 atom stereocenters. The lowest BCUT2D eigenvalue weighted by atomic mass is 10.0. The number of fused-ring (bicyclic) bond motifs is 3. The zero-order valence-electron chi connectivity index (χ0n) is 29.9. The molecule has 8 aromatic rings. The quantitative estimate of drug-likeness (QED) is 0.125. The molecule has 52 heavy (non-hydrogen) atoms. The Bertz CT molecular complexity index is 2470. The predicted octanol–water partition coefficient (Wildman–Crippen LogP) is 12.4. The SMILES string of the molecule is CC.CC(=NC(=NC(C)c1ccccc1)c1ccc(-c2ccc3oc4c(-c5ccccc5)nc(-c5ccccc5)nc4c3c2)cc1)c1ccccc1. The summed E-state index contributed by atoms with van der Waals surface area (Å²) >= 11 is 0. The molecule has 0 radical (unpaired) electrons. The van der Waals surface area contributed by atoms with Gasteiger partial charge in [-0.1, -0.05) is 166 Å². The Kier molecular flexibility index (Phi) is 10.2. The molecule has 0 N–H and O–H groups in total. The lowest BCUT2D eigenvalue weighted by molar-refractivity contribution is 0.667. The van der Waals surface area contributed by atoms with E-state index < -0.39 is 0 Å². The van der Waals surface area contributed by atoms with Crippen molar-refractivity contribution < 1.29 is 4.42 Å². The first-order chi connectivity index (χ1) is 25.6.